The predicted octanol–water partition coefficient (Wildman–Crippen LogP) is 2.13. The second-order valence-corrected chi connectivity index (χ2v) is 6.14. The van der Waals surface area contributed by atoms with Gasteiger partial charge in [0, 0.05) is 6.42 Å². The third-order valence-corrected chi connectivity index (χ3v) is 4.26. The summed E-state index contributed by atoms with van der Waals surface area (Å²) in [4.78, 5) is 12.0. The standard InChI is InChI=1S/C19H20N2O4/c22-19(20-10-14-9-13-5-1-2-6-16(13)24-14)21-11-15-12-23-17-7-3-4-8-18(17)25-15/h1-8,14-15H,9-12H2,(H2,20,21,22)/t14-,15+/m0/s1. The van der Waals surface area contributed by atoms with Gasteiger partial charge in [0.1, 0.15) is 18.5 Å². The largest absolute Gasteiger partial charge is 0.488 e. The zero-order chi connectivity index (χ0) is 17.1. The number of carbonyl (C=O) groups excluding carboxylic acids is 1. The molecule has 0 radical (unpaired) electrons. The monoisotopic (exact) mass is 340 g/mol. The summed E-state index contributed by atoms with van der Waals surface area (Å²) in [6, 6.07) is 15.2. The first kappa shape index (κ1) is 15.6. The van der Waals surface area contributed by atoms with Crippen molar-refractivity contribution in [2.24, 2.45) is 0 Å². The molecular weight excluding hydrogens is 320 g/mol. The molecule has 2 N–H and O–H groups in total. The van der Waals surface area contributed by atoms with Crippen LogP contribution in [-0.4, -0.2) is 37.9 Å². The van der Waals surface area contributed by atoms with E-state index in [1.54, 1.807) is 0 Å². The number of carbonyl (C=O) groups is 1. The first-order chi connectivity index (χ1) is 12.3. The van der Waals surface area contributed by atoms with Gasteiger partial charge >= 0.3 is 6.03 Å². The van der Waals surface area contributed by atoms with Gasteiger partial charge in [-0.2, -0.15) is 0 Å². The van der Waals surface area contributed by atoms with Crippen molar-refractivity contribution >= 4 is 6.03 Å². The van der Waals surface area contributed by atoms with E-state index >= 15 is 0 Å². The van der Waals surface area contributed by atoms with E-state index in [1.165, 1.54) is 5.56 Å². The summed E-state index contributed by atoms with van der Waals surface area (Å²) in [5.41, 5.74) is 1.18. The zero-order valence-electron chi connectivity index (χ0n) is 13.7. The minimum atomic E-state index is -0.234. The molecule has 0 unspecified atom stereocenters. The highest BCUT2D eigenvalue weighted by molar-refractivity contribution is 5.73. The number of amides is 2. The Morgan fingerprint density at radius 3 is 2.32 bits per heavy atom. The molecule has 2 aromatic carbocycles. The van der Waals surface area contributed by atoms with E-state index in [0.717, 1.165) is 17.9 Å². The first-order valence-corrected chi connectivity index (χ1v) is 8.42. The Labute approximate surface area is 146 Å². The van der Waals surface area contributed by atoms with Crippen molar-refractivity contribution in [3.05, 3.63) is 54.1 Å². The number of benzene rings is 2. The number of para-hydroxylation sites is 3. The normalized spacial score (nSPS) is 20.3. The molecule has 0 aliphatic carbocycles. The van der Waals surface area contributed by atoms with Gasteiger partial charge in [-0.25, -0.2) is 4.79 Å². The van der Waals surface area contributed by atoms with Crippen LogP contribution < -0.4 is 24.8 Å². The molecule has 2 aliphatic rings. The number of rotatable bonds is 4. The minimum Gasteiger partial charge on any atom is -0.488 e. The zero-order valence-corrected chi connectivity index (χ0v) is 13.7. The molecule has 0 bridgehead atoms. The van der Waals surface area contributed by atoms with Gasteiger partial charge in [0.05, 0.1) is 13.1 Å². The van der Waals surface area contributed by atoms with E-state index in [2.05, 4.69) is 10.6 Å². The molecule has 2 atom stereocenters. The molecule has 0 saturated heterocycles. The first-order valence-electron chi connectivity index (χ1n) is 8.42. The van der Waals surface area contributed by atoms with Gasteiger partial charge in [0.25, 0.3) is 0 Å². The van der Waals surface area contributed by atoms with Gasteiger partial charge < -0.3 is 24.8 Å². The Kier molecular flexibility index (Phi) is 4.33. The third-order valence-electron chi connectivity index (χ3n) is 4.26. The maximum Gasteiger partial charge on any atom is 0.315 e. The molecule has 2 heterocycles. The smallest absolute Gasteiger partial charge is 0.315 e. The summed E-state index contributed by atoms with van der Waals surface area (Å²) >= 11 is 0. The van der Waals surface area contributed by atoms with E-state index in [-0.39, 0.29) is 18.2 Å². The second kappa shape index (κ2) is 6.93. The lowest BCUT2D eigenvalue weighted by Gasteiger charge is -2.26. The average molecular weight is 340 g/mol. The number of fused-ring (bicyclic) bond motifs is 2. The van der Waals surface area contributed by atoms with Gasteiger partial charge in [-0.05, 0) is 23.8 Å². The Hall–Kier alpha value is -2.89. The van der Waals surface area contributed by atoms with Crippen molar-refractivity contribution in [2.75, 3.05) is 19.7 Å². The van der Waals surface area contributed by atoms with Gasteiger partial charge in [0.15, 0.2) is 17.6 Å². The third kappa shape index (κ3) is 3.63. The number of hydrogen-bond acceptors (Lipinski definition) is 4. The van der Waals surface area contributed by atoms with Crippen LogP contribution in [0.4, 0.5) is 4.79 Å². The highest BCUT2D eigenvalue weighted by Gasteiger charge is 2.24. The lowest BCUT2D eigenvalue weighted by atomic mass is 10.1. The molecule has 6 nitrogen and oxygen atoms in total. The van der Waals surface area contributed by atoms with E-state index < -0.39 is 0 Å². The van der Waals surface area contributed by atoms with Crippen LogP contribution in [0, 0.1) is 0 Å². The van der Waals surface area contributed by atoms with Crippen LogP contribution in [0.2, 0.25) is 0 Å². The van der Waals surface area contributed by atoms with Crippen molar-refractivity contribution in [3.8, 4) is 17.2 Å². The molecular formula is C19H20N2O4. The molecule has 0 aromatic heterocycles. The van der Waals surface area contributed by atoms with Crippen LogP contribution in [0.1, 0.15) is 5.56 Å². The lowest BCUT2D eigenvalue weighted by Crippen LogP contribution is -2.46. The fraction of sp³-hybridized carbons (Fsp3) is 0.316. The van der Waals surface area contributed by atoms with Crippen LogP contribution in [0.15, 0.2) is 48.5 Å². The summed E-state index contributed by atoms with van der Waals surface area (Å²) < 4.78 is 17.2. The van der Waals surface area contributed by atoms with Crippen molar-refractivity contribution < 1.29 is 19.0 Å². The summed E-state index contributed by atoms with van der Waals surface area (Å²) in [6.07, 6.45) is 0.587. The molecule has 25 heavy (non-hydrogen) atoms. The van der Waals surface area contributed by atoms with E-state index in [9.17, 15) is 4.79 Å². The number of hydrogen-bond donors (Lipinski definition) is 2. The van der Waals surface area contributed by atoms with Gasteiger partial charge in [0.2, 0.25) is 0 Å². The van der Waals surface area contributed by atoms with E-state index in [0.29, 0.717) is 25.4 Å². The maximum absolute atomic E-state index is 12.0. The lowest BCUT2D eigenvalue weighted by molar-refractivity contribution is 0.0917. The Morgan fingerprint density at radius 2 is 1.52 bits per heavy atom. The highest BCUT2D eigenvalue weighted by Crippen LogP contribution is 2.30. The summed E-state index contributed by atoms with van der Waals surface area (Å²) in [7, 11) is 0. The topological polar surface area (TPSA) is 68.8 Å². The number of urea groups is 1. The molecule has 0 saturated carbocycles. The highest BCUT2D eigenvalue weighted by atomic mass is 16.6. The van der Waals surface area contributed by atoms with Crippen LogP contribution >= 0.6 is 0 Å². The summed E-state index contributed by atoms with van der Waals surface area (Å²) in [5.74, 6) is 2.35. The van der Waals surface area contributed by atoms with Gasteiger partial charge in [-0.1, -0.05) is 30.3 Å². The van der Waals surface area contributed by atoms with Crippen molar-refractivity contribution in [3.63, 3.8) is 0 Å². The molecule has 2 aromatic rings. The van der Waals surface area contributed by atoms with Crippen molar-refractivity contribution in [1.82, 2.24) is 10.6 Å². The number of nitrogens with one attached hydrogen (secondary N) is 2. The second-order valence-electron chi connectivity index (χ2n) is 6.14. The summed E-state index contributed by atoms with van der Waals surface area (Å²) in [5, 5.41) is 5.66. The Balaban J connectivity index is 1.19. The summed E-state index contributed by atoms with van der Waals surface area (Å²) in [6.45, 7) is 1.26. The minimum absolute atomic E-state index is 0.0238. The van der Waals surface area contributed by atoms with E-state index in [4.69, 9.17) is 14.2 Å². The van der Waals surface area contributed by atoms with Crippen LogP contribution in [-0.2, 0) is 6.42 Å². The molecule has 0 fully saturated rings. The number of ether oxygens (including phenoxy) is 3. The molecule has 130 valence electrons. The fourth-order valence-electron chi connectivity index (χ4n) is 3.01. The SMILES string of the molecule is O=C(NC[C@@H]1Cc2ccccc2O1)NC[C@@H]1COc2ccccc2O1. The van der Waals surface area contributed by atoms with Gasteiger partial charge in [-0.15, -0.1) is 0 Å². The average Bonchev–Trinajstić information content (AvgIpc) is 3.07. The van der Waals surface area contributed by atoms with Crippen molar-refractivity contribution in [1.29, 1.82) is 0 Å². The predicted molar refractivity (Wildman–Crippen MR) is 92.3 cm³/mol. The fourth-order valence-corrected chi connectivity index (χ4v) is 3.01. The van der Waals surface area contributed by atoms with Crippen LogP contribution in [0.5, 0.6) is 17.2 Å². The van der Waals surface area contributed by atoms with Gasteiger partial charge in [-0.3, -0.25) is 0 Å². The Bertz CT molecular complexity index is 740. The quantitative estimate of drug-likeness (QED) is 0.895. The van der Waals surface area contributed by atoms with Crippen molar-refractivity contribution in [2.45, 2.75) is 18.6 Å². The molecule has 2 aliphatic heterocycles. The molecule has 6 heteroatoms. The van der Waals surface area contributed by atoms with E-state index in [1.807, 2.05) is 48.5 Å². The Morgan fingerprint density at radius 1 is 0.880 bits per heavy atom. The molecule has 0 spiro atoms. The van der Waals surface area contributed by atoms with Crippen LogP contribution in [0.25, 0.3) is 0 Å². The molecule has 4 rings (SSSR count). The van der Waals surface area contributed by atoms with Crippen LogP contribution in [0.3, 0.4) is 0 Å². The maximum atomic E-state index is 12.0. The molecule has 2 amide bonds.